The number of benzene rings is 9. The standard InChI is InChI=1S/C83H93O8P/c1-21-60-30-34-63(35-31-60)51-86-72-39-38-68(48-74(72)92(84)73-29-25-23-27-70(73)69-26-22-24-28-71(69)91-92)85-50-62-36-32-61(33-37-62)49-80(13,14)88-76-58(8)46-67(47-59(76)9)83(19,20)90-78-54(4)42-65(43-55(78)5)81(15,16)64-40-52(2)77(53(3)41-64)89-82(17,18)66-44-56(6)75(57(7)45-66)87-79(10,11)12/h21-48H,1,49-51H2,2-20H3. The number of hydrogen-bond acceptors (Lipinski definition) is 8. The molecule has 1 unspecified atom stereocenters. The van der Waals surface area contributed by atoms with Gasteiger partial charge in [-0.25, -0.2) is 0 Å². The summed E-state index contributed by atoms with van der Waals surface area (Å²) in [5.74, 6) is 5.19. The third kappa shape index (κ3) is 14.3. The molecule has 92 heavy (non-hydrogen) atoms. The van der Waals surface area contributed by atoms with E-state index < -0.39 is 24.2 Å². The van der Waals surface area contributed by atoms with Crippen molar-refractivity contribution in [2.24, 2.45) is 0 Å². The quantitative estimate of drug-likeness (QED) is 0.0658. The second-order valence-corrected chi connectivity index (χ2v) is 30.7. The largest absolute Gasteiger partial charge is 0.489 e. The van der Waals surface area contributed by atoms with Crippen LogP contribution in [0.1, 0.15) is 165 Å². The molecule has 1 aliphatic rings. The van der Waals surface area contributed by atoms with Crippen molar-refractivity contribution in [2.45, 2.75) is 179 Å². The normalized spacial score (nSPS) is 14.2. The summed E-state index contributed by atoms with van der Waals surface area (Å²) in [5.41, 5.74) is 16.9. The zero-order valence-corrected chi connectivity index (χ0v) is 58.6. The molecule has 0 fully saturated rings. The molecule has 478 valence electrons. The molecule has 9 heteroatoms. The molecule has 0 N–H and O–H groups in total. The SMILES string of the molecule is C=Cc1ccc(COc2ccc(OCc3ccc(CC(C)(C)Oc4c(C)cc(C(C)(C)Oc5c(C)cc(C(C)(C)c6cc(C)c(OC(C)(C)c7cc(C)c(OC(C)(C)C)c(C)c7)c(C)c6)cc5C)cc4C)cc3)cc2P2(=O)Oc3ccccc3-c3ccccc32)cc1. The molecule has 1 heterocycles. The van der Waals surface area contributed by atoms with E-state index in [1.54, 1.807) is 0 Å². The first kappa shape index (κ1) is 66.5. The van der Waals surface area contributed by atoms with Crippen molar-refractivity contribution in [3.8, 4) is 51.4 Å². The smallest absolute Gasteiger partial charge is 0.311 e. The van der Waals surface area contributed by atoms with Crippen LogP contribution in [0.5, 0.6) is 40.2 Å². The van der Waals surface area contributed by atoms with Gasteiger partial charge in [0.1, 0.15) is 75.9 Å². The first-order valence-electron chi connectivity index (χ1n) is 32.2. The van der Waals surface area contributed by atoms with E-state index in [2.05, 4.69) is 211 Å². The summed E-state index contributed by atoms with van der Waals surface area (Å²) in [4.78, 5) is 0. The molecule has 10 rings (SSSR count). The minimum atomic E-state index is -3.74. The van der Waals surface area contributed by atoms with Crippen molar-refractivity contribution in [3.05, 3.63) is 259 Å². The van der Waals surface area contributed by atoms with Crippen LogP contribution >= 0.6 is 7.37 Å². The molecule has 1 aliphatic heterocycles. The molecular formula is C83H93O8P. The lowest BCUT2D eigenvalue weighted by atomic mass is 9.76. The van der Waals surface area contributed by atoms with Crippen LogP contribution in [0.25, 0.3) is 17.2 Å². The highest BCUT2D eigenvalue weighted by molar-refractivity contribution is 7.75. The van der Waals surface area contributed by atoms with Crippen LogP contribution in [-0.2, 0) is 40.8 Å². The maximum Gasteiger partial charge on any atom is 0.311 e. The predicted octanol–water partition coefficient (Wildman–Crippen LogP) is 20.8. The topological polar surface area (TPSA) is 81.7 Å². The number of para-hydroxylation sites is 1. The van der Waals surface area contributed by atoms with E-state index in [0.717, 1.165) is 112 Å². The summed E-state index contributed by atoms with van der Waals surface area (Å²) in [6.45, 7) is 45.3. The van der Waals surface area contributed by atoms with Crippen LogP contribution in [0.15, 0.2) is 170 Å². The van der Waals surface area contributed by atoms with Gasteiger partial charge < -0.3 is 32.9 Å². The molecule has 0 amide bonds. The Morgan fingerprint density at radius 2 is 0.837 bits per heavy atom. The maximum absolute atomic E-state index is 15.6. The van der Waals surface area contributed by atoms with Crippen LogP contribution in [0.4, 0.5) is 0 Å². The van der Waals surface area contributed by atoms with E-state index in [1.165, 1.54) is 11.1 Å². The average Bonchev–Trinajstić information content (AvgIpc) is 0.736. The summed E-state index contributed by atoms with van der Waals surface area (Å²) < 4.78 is 62.4. The van der Waals surface area contributed by atoms with Crippen LogP contribution in [0, 0.1) is 55.4 Å². The zero-order valence-electron chi connectivity index (χ0n) is 57.7. The molecule has 0 spiro atoms. The molecule has 0 aromatic heterocycles. The molecular weight excluding hydrogens is 1160 g/mol. The van der Waals surface area contributed by atoms with Gasteiger partial charge in [0, 0.05) is 17.4 Å². The van der Waals surface area contributed by atoms with Crippen LogP contribution in [-0.4, -0.2) is 11.2 Å². The predicted molar refractivity (Wildman–Crippen MR) is 379 cm³/mol. The monoisotopic (exact) mass is 1250 g/mol. The van der Waals surface area contributed by atoms with E-state index >= 15 is 4.57 Å². The van der Waals surface area contributed by atoms with Crippen molar-refractivity contribution < 1.29 is 37.5 Å². The number of aryl methyl sites for hydroxylation is 8. The molecule has 0 saturated carbocycles. The van der Waals surface area contributed by atoms with E-state index in [0.29, 0.717) is 40.9 Å². The van der Waals surface area contributed by atoms with Gasteiger partial charge in [0.25, 0.3) is 0 Å². The Balaban J connectivity index is 0.791. The van der Waals surface area contributed by atoms with Gasteiger partial charge in [0.2, 0.25) is 0 Å². The Kier molecular flexibility index (Phi) is 18.5. The van der Waals surface area contributed by atoms with E-state index in [1.807, 2.05) is 97.1 Å². The third-order valence-corrected chi connectivity index (χ3v) is 20.2. The van der Waals surface area contributed by atoms with Crippen molar-refractivity contribution >= 4 is 24.1 Å². The van der Waals surface area contributed by atoms with Gasteiger partial charge in [-0.2, -0.15) is 0 Å². The molecule has 0 aliphatic carbocycles. The molecule has 0 saturated heterocycles. The van der Waals surface area contributed by atoms with E-state index in [4.69, 9.17) is 32.9 Å². The van der Waals surface area contributed by atoms with Crippen molar-refractivity contribution in [1.29, 1.82) is 0 Å². The Morgan fingerprint density at radius 3 is 1.33 bits per heavy atom. The van der Waals surface area contributed by atoms with Crippen LogP contribution in [0.3, 0.4) is 0 Å². The summed E-state index contributed by atoms with van der Waals surface area (Å²) >= 11 is 0. The van der Waals surface area contributed by atoms with Crippen LogP contribution in [0.2, 0.25) is 0 Å². The highest BCUT2D eigenvalue weighted by Gasteiger charge is 2.41. The van der Waals surface area contributed by atoms with Gasteiger partial charge in [0.05, 0.1) is 10.6 Å². The van der Waals surface area contributed by atoms with Crippen LogP contribution < -0.4 is 43.6 Å². The van der Waals surface area contributed by atoms with E-state index in [9.17, 15) is 0 Å². The van der Waals surface area contributed by atoms with Crippen molar-refractivity contribution in [3.63, 3.8) is 0 Å². The average molecular weight is 1250 g/mol. The molecule has 9 aromatic rings. The highest BCUT2D eigenvalue weighted by Crippen LogP contribution is 2.56. The number of ether oxygens (including phenoxy) is 6. The lowest BCUT2D eigenvalue weighted by Crippen LogP contribution is -2.32. The van der Waals surface area contributed by atoms with Gasteiger partial charge in [-0.3, -0.25) is 4.57 Å². The summed E-state index contributed by atoms with van der Waals surface area (Å²) in [6, 6.07) is 55.5. The maximum atomic E-state index is 15.6. The van der Waals surface area contributed by atoms with Gasteiger partial charge in [-0.1, -0.05) is 136 Å². The minimum absolute atomic E-state index is 0.272. The zero-order chi connectivity index (χ0) is 66.5. The summed E-state index contributed by atoms with van der Waals surface area (Å²) in [7, 11) is -3.74. The highest BCUT2D eigenvalue weighted by atomic mass is 31.2. The van der Waals surface area contributed by atoms with Gasteiger partial charge in [-0.15, -0.1) is 0 Å². The fourth-order valence-corrected chi connectivity index (χ4v) is 15.0. The minimum Gasteiger partial charge on any atom is -0.489 e. The molecule has 1 atom stereocenters. The summed E-state index contributed by atoms with van der Waals surface area (Å²) in [5, 5.41) is 1.06. The van der Waals surface area contributed by atoms with Gasteiger partial charge in [0.15, 0.2) is 0 Å². The van der Waals surface area contributed by atoms with Crippen molar-refractivity contribution in [2.75, 3.05) is 0 Å². The third-order valence-electron chi connectivity index (χ3n) is 17.7. The van der Waals surface area contributed by atoms with Gasteiger partial charge in [-0.05, 0) is 267 Å². The first-order chi connectivity index (χ1) is 43.2. The molecule has 8 nitrogen and oxygen atoms in total. The molecule has 0 radical (unpaired) electrons. The van der Waals surface area contributed by atoms with Gasteiger partial charge >= 0.3 is 7.37 Å². The van der Waals surface area contributed by atoms with Crippen molar-refractivity contribution in [1.82, 2.24) is 0 Å². The molecule has 0 bridgehead atoms. The second-order valence-electron chi connectivity index (χ2n) is 28.5. The molecule has 9 aromatic carbocycles. The Hall–Kier alpha value is -8.45. The fourth-order valence-electron chi connectivity index (χ4n) is 12.6. The Bertz CT molecular complexity index is 4200. The fraction of sp³-hybridized carbons (Fsp3) is 0.325. The second kappa shape index (κ2) is 25.6. The Morgan fingerprint density at radius 1 is 0.424 bits per heavy atom. The lowest BCUT2D eigenvalue weighted by molar-refractivity contribution is 0.103. The first-order valence-corrected chi connectivity index (χ1v) is 33.8. The Labute approximate surface area is 548 Å². The lowest BCUT2D eigenvalue weighted by Gasteiger charge is -2.34. The van der Waals surface area contributed by atoms with E-state index in [-0.39, 0.29) is 17.6 Å². The number of fused-ring (bicyclic) bond motifs is 3. The number of rotatable bonds is 21. The summed E-state index contributed by atoms with van der Waals surface area (Å²) in [6.07, 6.45) is 2.49. The number of hydrogen-bond donors (Lipinski definition) is 0.